The molecule has 1 fully saturated rings. The Hall–Kier alpha value is -0.0400. The van der Waals surface area contributed by atoms with Gasteiger partial charge in [0.2, 0.25) is 10.0 Å². The SMILES string of the molecule is CC(N)C1CCCCN1S(=O)(=O)c1cccc(Cl)c1Cl.Cl. The zero-order valence-corrected chi connectivity index (χ0v) is 14.8. The van der Waals surface area contributed by atoms with Crippen molar-refractivity contribution in [2.75, 3.05) is 6.54 Å². The number of benzene rings is 1. The van der Waals surface area contributed by atoms with E-state index < -0.39 is 10.0 Å². The van der Waals surface area contributed by atoms with E-state index in [9.17, 15) is 8.42 Å². The maximum atomic E-state index is 12.8. The molecule has 0 aliphatic carbocycles. The van der Waals surface area contributed by atoms with E-state index >= 15 is 0 Å². The van der Waals surface area contributed by atoms with Gasteiger partial charge < -0.3 is 5.73 Å². The molecule has 0 bridgehead atoms. The predicted molar refractivity (Wildman–Crippen MR) is 88.9 cm³/mol. The topological polar surface area (TPSA) is 63.4 Å². The molecule has 1 saturated heterocycles. The third-order valence-electron chi connectivity index (χ3n) is 3.61. The molecule has 0 radical (unpaired) electrons. The van der Waals surface area contributed by atoms with Crippen LogP contribution in [0.25, 0.3) is 0 Å². The van der Waals surface area contributed by atoms with Crippen LogP contribution < -0.4 is 5.73 Å². The van der Waals surface area contributed by atoms with Crippen molar-refractivity contribution in [1.29, 1.82) is 0 Å². The van der Waals surface area contributed by atoms with Gasteiger partial charge in [-0.25, -0.2) is 8.42 Å². The molecular weight excluding hydrogens is 355 g/mol. The summed E-state index contributed by atoms with van der Waals surface area (Å²) in [6.45, 7) is 2.30. The van der Waals surface area contributed by atoms with Crippen LogP contribution in [0.15, 0.2) is 23.1 Å². The van der Waals surface area contributed by atoms with Crippen LogP contribution in [0.4, 0.5) is 0 Å². The minimum atomic E-state index is -3.67. The highest BCUT2D eigenvalue weighted by Gasteiger charge is 2.36. The van der Waals surface area contributed by atoms with Crippen molar-refractivity contribution in [2.24, 2.45) is 5.73 Å². The molecule has 0 spiro atoms. The van der Waals surface area contributed by atoms with Gasteiger partial charge in [0.25, 0.3) is 0 Å². The first kappa shape index (κ1) is 19.0. The van der Waals surface area contributed by atoms with Gasteiger partial charge in [-0.1, -0.05) is 35.7 Å². The standard InChI is InChI=1S/C13H18Cl2N2O2S.ClH/c1-9(16)11-6-2-3-8-17(11)20(18,19)12-7-4-5-10(14)13(12)15;/h4-5,7,9,11H,2-3,6,8,16H2,1H3;1H. The number of nitrogens with zero attached hydrogens (tertiary/aromatic N) is 1. The Morgan fingerprint density at radius 3 is 2.62 bits per heavy atom. The lowest BCUT2D eigenvalue weighted by molar-refractivity contribution is 0.227. The second-order valence-electron chi connectivity index (χ2n) is 5.09. The third kappa shape index (κ3) is 3.84. The van der Waals surface area contributed by atoms with Gasteiger partial charge in [0.05, 0.1) is 10.0 Å². The number of sulfonamides is 1. The van der Waals surface area contributed by atoms with E-state index in [1.807, 2.05) is 6.92 Å². The molecular formula is C13H19Cl3N2O2S. The fourth-order valence-electron chi connectivity index (χ4n) is 2.56. The van der Waals surface area contributed by atoms with Crippen molar-refractivity contribution < 1.29 is 8.42 Å². The molecule has 0 aromatic heterocycles. The second kappa shape index (κ2) is 7.49. The van der Waals surface area contributed by atoms with Crippen LogP contribution in [-0.4, -0.2) is 31.4 Å². The Labute approximate surface area is 142 Å². The van der Waals surface area contributed by atoms with E-state index in [4.69, 9.17) is 28.9 Å². The first-order valence-electron chi connectivity index (χ1n) is 6.57. The summed E-state index contributed by atoms with van der Waals surface area (Å²) in [6.07, 6.45) is 2.59. The second-order valence-corrected chi connectivity index (χ2v) is 7.73. The first-order chi connectivity index (χ1) is 9.35. The first-order valence-corrected chi connectivity index (χ1v) is 8.76. The fourth-order valence-corrected chi connectivity index (χ4v) is 5.08. The normalized spacial score (nSPS) is 21.6. The molecule has 0 amide bonds. The summed E-state index contributed by atoms with van der Waals surface area (Å²) in [6, 6.07) is 4.23. The summed E-state index contributed by atoms with van der Waals surface area (Å²) in [4.78, 5) is 0.0548. The zero-order chi connectivity index (χ0) is 14.9. The Morgan fingerprint density at radius 2 is 2.00 bits per heavy atom. The maximum Gasteiger partial charge on any atom is 0.244 e. The zero-order valence-electron chi connectivity index (χ0n) is 11.6. The van der Waals surface area contributed by atoms with Gasteiger partial charge in [0.15, 0.2) is 0 Å². The van der Waals surface area contributed by atoms with Gasteiger partial charge in [-0.2, -0.15) is 4.31 Å². The molecule has 4 nitrogen and oxygen atoms in total. The van der Waals surface area contributed by atoms with Crippen LogP contribution in [-0.2, 0) is 10.0 Å². The Kier molecular flexibility index (Phi) is 6.78. The molecule has 1 aliphatic heterocycles. The summed E-state index contributed by atoms with van der Waals surface area (Å²) in [7, 11) is -3.67. The van der Waals surface area contributed by atoms with Crippen molar-refractivity contribution in [3.63, 3.8) is 0 Å². The van der Waals surface area contributed by atoms with Crippen molar-refractivity contribution >= 4 is 45.6 Å². The quantitative estimate of drug-likeness (QED) is 0.884. The van der Waals surface area contributed by atoms with Crippen molar-refractivity contribution in [2.45, 2.75) is 43.2 Å². The molecule has 0 saturated carbocycles. The smallest absolute Gasteiger partial charge is 0.244 e. The number of rotatable bonds is 3. The number of halogens is 3. The van der Waals surface area contributed by atoms with Gasteiger partial charge in [-0.15, -0.1) is 12.4 Å². The number of nitrogens with two attached hydrogens (primary N) is 1. The van der Waals surface area contributed by atoms with Crippen LogP contribution in [0, 0.1) is 0 Å². The van der Waals surface area contributed by atoms with Gasteiger partial charge in [-0.05, 0) is 31.9 Å². The summed E-state index contributed by atoms with van der Waals surface area (Å²) in [5.41, 5.74) is 5.94. The largest absolute Gasteiger partial charge is 0.326 e. The van der Waals surface area contributed by atoms with Gasteiger partial charge in [-0.3, -0.25) is 0 Å². The predicted octanol–water partition coefficient (Wildman–Crippen LogP) is 3.31. The van der Waals surface area contributed by atoms with Crippen LogP contribution in [0.5, 0.6) is 0 Å². The molecule has 2 atom stereocenters. The van der Waals surface area contributed by atoms with Crippen LogP contribution in [0.3, 0.4) is 0 Å². The summed E-state index contributed by atoms with van der Waals surface area (Å²) in [5, 5.41) is 0.310. The molecule has 8 heteroatoms. The number of hydrogen-bond donors (Lipinski definition) is 1. The van der Waals surface area contributed by atoms with Gasteiger partial charge in [0.1, 0.15) is 4.90 Å². The van der Waals surface area contributed by atoms with Crippen molar-refractivity contribution in [1.82, 2.24) is 4.31 Å². The summed E-state index contributed by atoms with van der Waals surface area (Å²) in [5.74, 6) is 0. The minimum Gasteiger partial charge on any atom is -0.326 e. The highest BCUT2D eigenvalue weighted by molar-refractivity contribution is 7.89. The lowest BCUT2D eigenvalue weighted by Gasteiger charge is -2.37. The minimum absolute atomic E-state index is 0. The monoisotopic (exact) mass is 372 g/mol. The summed E-state index contributed by atoms with van der Waals surface area (Å²) >= 11 is 12.0. The van der Waals surface area contributed by atoms with Crippen molar-refractivity contribution in [3.8, 4) is 0 Å². The molecule has 21 heavy (non-hydrogen) atoms. The van der Waals surface area contributed by atoms with E-state index in [2.05, 4.69) is 0 Å². The van der Waals surface area contributed by atoms with Crippen molar-refractivity contribution in [3.05, 3.63) is 28.2 Å². The van der Waals surface area contributed by atoms with Gasteiger partial charge in [0, 0.05) is 18.6 Å². The average molecular weight is 374 g/mol. The molecule has 1 aliphatic rings. The fraction of sp³-hybridized carbons (Fsp3) is 0.538. The molecule has 1 aromatic rings. The van der Waals surface area contributed by atoms with Gasteiger partial charge >= 0.3 is 0 Å². The third-order valence-corrected chi connectivity index (χ3v) is 6.51. The molecule has 120 valence electrons. The number of piperidine rings is 1. The highest BCUT2D eigenvalue weighted by atomic mass is 35.5. The van der Waals surface area contributed by atoms with Crippen LogP contribution >= 0.6 is 35.6 Å². The lowest BCUT2D eigenvalue weighted by atomic mass is 10.00. The van der Waals surface area contributed by atoms with E-state index in [0.717, 1.165) is 19.3 Å². The Morgan fingerprint density at radius 1 is 1.33 bits per heavy atom. The number of hydrogen-bond acceptors (Lipinski definition) is 3. The lowest BCUT2D eigenvalue weighted by Crippen LogP contribution is -2.51. The maximum absolute atomic E-state index is 12.8. The molecule has 2 N–H and O–H groups in total. The molecule has 1 aromatic carbocycles. The van der Waals surface area contributed by atoms with E-state index in [1.54, 1.807) is 12.1 Å². The Bertz CT molecular complexity index is 593. The molecule has 2 unspecified atom stereocenters. The van der Waals surface area contributed by atoms with Crippen LogP contribution in [0.2, 0.25) is 10.0 Å². The van der Waals surface area contributed by atoms with E-state index in [1.165, 1.54) is 10.4 Å². The Balaban J connectivity index is 0.00000220. The average Bonchev–Trinajstić information content (AvgIpc) is 2.41. The van der Waals surface area contributed by atoms with E-state index in [0.29, 0.717) is 6.54 Å². The van der Waals surface area contributed by atoms with E-state index in [-0.39, 0.29) is 39.4 Å². The molecule has 2 rings (SSSR count). The molecule has 1 heterocycles. The summed E-state index contributed by atoms with van der Waals surface area (Å²) < 4.78 is 27.1. The van der Waals surface area contributed by atoms with Crippen LogP contribution in [0.1, 0.15) is 26.2 Å². The highest BCUT2D eigenvalue weighted by Crippen LogP contribution is 2.33.